The second-order valence-electron chi connectivity index (χ2n) is 8.77. The molecule has 1 aliphatic carbocycles. The van der Waals surface area contributed by atoms with Gasteiger partial charge in [-0.15, -0.1) is 0 Å². The number of fused-ring (bicyclic) bond motifs is 1. The predicted molar refractivity (Wildman–Crippen MR) is 122 cm³/mol. The number of hydrogen-bond acceptors (Lipinski definition) is 4. The van der Waals surface area contributed by atoms with Crippen LogP contribution in [0.5, 0.6) is 0 Å². The fourth-order valence-corrected chi connectivity index (χ4v) is 4.73. The molecule has 0 spiro atoms. The zero-order valence-electron chi connectivity index (χ0n) is 18.6. The predicted octanol–water partition coefficient (Wildman–Crippen LogP) is 2.70. The number of nitrogens with zero attached hydrogens (tertiary/aromatic N) is 4. The largest absolute Gasteiger partial charge is 0.366 e. The Morgan fingerprint density at radius 1 is 0.941 bits per heavy atom. The Bertz CT molecular complexity index is 1250. The van der Waals surface area contributed by atoms with Crippen LogP contribution in [0.1, 0.15) is 44.1 Å². The summed E-state index contributed by atoms with van der Waals surface area (Å²) in [7, 11) is 0. The first-order valence-corrected chi connectivity index (χ1v) is 11.4. The fourth-order valence-electron chi connectivity index (χ4n) is 4.73. The summed E-state index contributed by atoms with van der Waals surface area (Å²) in [6.45, 7) is 3.31. The summed E-state index contributed by atoms with van der Waals surface area (Å²) >= 11 is 0. The summed E-state index contributed by atoms with van der Waals surface area (Å²) in [5, 5.41) is 4.54. The van der Waals surface area contributed by atoms with Crippen LogP contribution in [0.3, 0.4) is 0 Å². The van der Waals surface area contributed by atoms with Crippen molar-refractivity contribution in [2.75, 3.05) is 26.2 Å². The molecular formula is C25H25F2N5O2. The van der Waals surface area contributed by atoms with Crippen LogP contribution in [0.25, 0.3) is 5.69 Å². The molecule has 5 rings (SSSR count). The van der Waals surface area contributed by atoms with Gasteiger partial charge in [0, 0.05) is 55.6 Å². The van der Waals surface area contributed by atoms with Crippen LogP contribution in [-0.2, 0) is 19.4 Å². The van der Waals surface area contributed by atoms with Crippen molar-refractivity contribution in [2.24, 2.45) is 5.73 Å². The number of carbonyl (C=O) groups excluding carboxylic acids is 2. The van der Waals surface area contributed by atoms with Gasteiger partial charge in [-0.3, -0.25) is 14.5 Å². The number of nitrogens with two attached hydrogens (primary N) is 1. The zero-order valence-corrected chi connectivity index (χ0v) is 18.6. The maximum atomic E-state index is 13.8. The van der Waals surface area contributed by atoms with Crippen molar-refractivity contribution in [3.8, 4) is 5.69 Å². The van der Waals surface area contributed by atoms with Crippen LogP contribution in [0, 0.1) is 11.6 Å². The molecule has 34 heavy (non-hydrogen) atoms. The normalized spacial score (nSPS) is 16.0. The molecule has 0 atom stereocenters. The minimum absolute atomic E-state index is 0.120. The first-order valence-electron chi connectivity index (χ1n) is 11.4. The van der Waals surface area contributed by atoms with Crippen LogP contribution in [-0.4, -0.2) is 57.6 Å². The summed E-state index contributed by atoms with van der Waals surface area (Å²) in [6.07, 6.45) is 2.40. The van der Waals surface area contributed by atoms with Gasteiger partial charge in [-0.2, -0.15) is 5.10 Å². The molecule has 9 heteroatoms. The maximum absolute atomic E-state index is 13.8. The molecule has 7 nitrogen and oxygen atoms in total. The lowest BCUT2D eigenvalue weighted by Crippen LogP contribution is -2.48. The number of halogens is 2. The highest BCUT2D eigenvalue weighted by molar-refractivity contribution is 5.94. The summed E-state index contributed by atoms with van der Waals surface area (Å²) in [5.41, 5.74) is 9.49. The van der Waals surface area contributed by atoms with Crippen LogP contribution in [0.15, 0.2) is 42.5 Å². The van der Waals surface area contributed by atoms with Gasteiger partial charge in [0.25, 0.3) is 5.91 Å². The van der Waals surface area contributed by atoms with Crippen molar-refractivity contribution in [2.45, 2.75) is 25.8 Å². The Morgan fingerprint density at radius 2 is 1.68 bits per heavy atom. The molecular weight excluding hydrogens is 440 g/mol. The monoisotopic (exact) mass is 465 g/mol. The Balaban J connectivity index is 1.28. The molecule has 3 aromatic rings. The van der Waals surface area contributed by atoms with E-state index in [2.05, 4.69) is 10.00 Å². The van der Waals surface area contributed by atoms with Crippen molar-refractivity contribution in [1.29, 1.82) is 0 Å². The smallest absolute Gasteiger partial charge is 0.274 e. The third-order valence-electron chi connectivity index (χ3n) is 6.58. The van der Waals surface area contributed by atoms with Gasteiger partial charge in [-0.05, 0) is 49.1 Å². The lowest BCUT2D eigenvalue weighted by Gasteiger charge is -2.34. The van der Waals surface area contributed by atoms with Gasteiger partial charge in [0.15, 0.2) is 17.3 Å². The summed E-state index contributed by atoms with van der Waals surface area (Å²) in [5.74, 6) is -2.42. The van der Waals surface area contributed by atoms with E-state index in [0.717, 1.165) is 67.9 Å². The highest BCUT2D eigenvalue weighted by Crippen LogP contribution is 2.29. The summed E-state index contributed by atoms with van der Waals surface area (Å²) < 4.78 is 28.8. The van der Waals surface area contributed by atoms with Crippen LogP contribution in [0.2, 0.25) is 0 Å². The first kappa shape index (κ1) is 22.2. The number of primary amides is 1. The van der Waals surface area contributed by atoms with E-state index in [-0.39, 0.29) is 5.91 Å². The molecule has 0 radical (unpaired) electrons. The number of carbonyl (C=O) groups is 2. The molecule has 2 amide bonds. The van der Waals surface area contributed by atoms with Crippen LogP contribution >= 0.6 is 0 Å². The number of benzene rings is 2. The molecule has 2 aromatic carbocycles. The Kier molecular flexibility index (Phi) is 5.87. The van der Waals surface area contributed by atoms with Gasteiger partial charge < -0.3 is 10.6 Å². The lowest BCUT2D eigenvalue weighted by atomic mass is 10.1. The van der Waals surface area contributed by atoms with E-state index in [9.17, 15) is 18.4 Å². The van der Waals surface area contributed by atoms with Crippen molar-refractivity contribution >= 4 is 11.8 Å². The van der Waals surface area contributed by atoms with Gasteiger partial charge in [0.2, 0.25) is 5.91 Å². The highest BCUT2D eigenvalue weighted by Gasteiger charge is 2.31. The molecule has 2 aliphatic rings. The molecule has 0 saturated carbocycles. The quantitative estimate of drug-likeness (QED) is 0.628. The Morgan fingerprint density at radius 3 is 2.35 bits per heavy atom. The first-order chi connectivity index (χ1) is 16.4. The average Bonchev–Trinajstić information content (AvgIpc) is 3.44. The van der Waals surface area contributed by atoms with E-state index in [1.54, 1.807) is 16.8 Å². The molecule has 1 aromatic heterocycles. The van der Waals surface area contributed by atoms with E-state index < -0.39 is 17.5 Å². The molecule has 176 valence electrons. The molecule has 2 N–H and O–H groups in total. The van der Waals surface area contributed by atoms with Crippen molar-refractivity contribution in [3.05, 3.63) is 82.2 Å². The van der Waals surface area contributed by atoms with E-state index >= 15 is 0 Å². The van der Waals surface area contributed by atoms with Crippen molar-refractivity contribution in [1.82, 2.24) is 19.6 Å². The molecule has 0 bridgehead atoms. The number of piperazine rings is 1. The molecule has 2 heterocycles. The number of amides is 2. The van der Waals surface area contributed by atoms with Gasteiger partial charge in [0.05, 0.1) is 5.69 Å². The van der Waals surface area contributed by atoms with Gasteiger partial charge in [-0.25, -0.2) is 13.5 Å². The molecule has 1 fully saturated rings. The second kappa shape index (κ2) is 8.98. The minimum atomic E-state index is -0.937. The third-order valence-corrected chi connectivity index (χ3v) is 6.58. The molecule has 0 unspecified atom stereocenters. The molecule has 1 saturated heterocycles. The fraction of sp³-hybridized carbons (Fsp3) is 0.320. The SMILES string of the molecule is NC(=O)c1ccc(CN2CCN(C(=O)c3nn(-c4ccc(F)c(F)c4)c4c3CCC4)CC2)cc1. The van der Waals surface area contributed by atoms with Gasteiger partial charge in [-0.1, -0.05) is 12.1 Å². The van der Waals surface area contributed by atoms with Gasteiger partial charge >= 0.3 is 0 Å². The third kappa shape index (κ3) is 4.19. The average molecular weight is 466 g/mol. The minimum Gasteiger partial charge on any atom is -0.366 e. The zero-order chi connectivity index (χ0) is 23.8. The summed E-state index contributed by atoms with van der Waals surface area (Å²) in [4.78, 5) is 28.6. The lowest BCUT2D eigenvalue weighted by molar-refractivity contribution is 0.0621. The standard InChI is InChI=1S/C25H25F2N5O2/c26-20-9-8-18(14-21(20)27)32-22-3-1-2-19(22)23(29-32)25(34)31-12-10-30(11-13-31)15-16-4-6-17(7-5-16)24(28)33/h4-9,14H,1-3,10-13,15H2,(H2,28,33). The van der Waals surface area contributed by atoms with E-state index in [1.807, 2.05) is 17.0 Å². The highest BCUT2D eigenvalue weighted by atomic mass is 19.2. The molecule has 1 aliphatic heterocycles. The van der Waals surface area contributed by atoms with Crippen LogP contribution in [0.4, 0.5) is 8.78 Å². The number of aromatic nitrogens is 2. The Hall–Kier alpha value is -3.59. The topological polar surface area (TPSA) is 84.5 Å². The maximum Gasteiger partial charge on any atom is 0.274 e. The van der Waals surface area contributed by atoms with E-state index in [1.165, 1.54) is 6.07 Å². The van der Waals surface area contributed by atoms with Crippen LogP contribution < -0.4 is 5.73 Å². The number of hydrogen-bond donors (Lipinski definition) is 1. The second-order valence-corrected chi connectivity index (χ2v) is 8.77. The summed E-state index contributed by atoms with van der Waals surface area (Å²) in [6, 6.07) is 10.9. The number of rotatable bonds is 5. The van der Waals surface area contributed by atoms with E-state index in [4.69, 9.17) is 5.73 Å². The Labute approximate surface area is 195 Å². The van der Waals surface area contributed by atoms with Gasteiger partial charge in [0.1, 0.15) is 0 Å². The van der Waals surface area contributed by atoms with E-state index in [0.29, 0.717) is 30.0 Å². The van der Waals surface area contributed by atoms with Crippen molar-refractivity contribution < 1.29 is 18.4 Å². The van der Waals surface area contributed by atoms with Crippen molar-refractivity contribution in [3.63, 3.8) is 0 Å².